The highest BCUT2D eigenvalue weighted by atomic mass is 127. The molecule has 2 saturated heterocycles. The molecule has 6 rings (SSSR count). The number of hydrogen-bond donors (Lipinski definition) is 0. The van der Waals surface area contributed by atoms with Crippen molar-refractivity contribution in [3.63, 3.8) is 0 Å². The minimum Gasteiger partial charge on any atom is -0.466 e. The van der Waals surface area contributed by atoms with E-state index in [-0.39, 0.29) is 17.0 Å². The first-order valence-corrected chi connectivity index (χ1v) is 12.9. The number of ether oxygens (including phenoxy) is 2. The summed E-state index contributed by atoms with van der Waals surface area (Å²) in [5, 5.41) is 4.46. The molecule has 0 N–H and O–H groups in total. The minimum atomic E-state index is -0.380. The van der Waals surface area contributed by atoms with Gasteiger partial charge in [0.2, 0.25) is 0 Å². The number of piperidine rings is 1. The second kappa shape index (κ2) is 7.48. The first-order valence-electron chi connectivity index (χ1n) is 11.8. The van der Waals surface area contributed by atoms with Crippen molar-refractivity contribution in [2.45, 2.75) is 64.0 Å². The SMILES string of the molecule is CCOC(=O)C1(C)CCN(C2=NOC3(C2)CN(Cc2cc(C4CC4)c(I)c4c2O4)C3)CC1. The summed E-state index contributed by atoms with van der Waals surface area (Å²) in [6.45, 7) is 8.69. The molecule has 0 unspecified atom stereocenters. The predicted molar refractivity (Wildman–Crippen MR) is 128 cm³/mol. The molecule has 32 heavy (non-hydrogen) atoms. The smallest absolute Gasteiger partial charge is 0.311 e. The first kappa shape index (κ1) is 21.0. The van der Waals surface area contributed by atoms with Crippen LogP contribution in [0, 0.1) is 8.99 Å². The lowest BCUT2D eigenvalue weighted by molar-refractivity contribution is -0.156. The van der Waals surface area contributed by atoms with Crippen molar-refractivity contribution in [1.82, 2.24) is 9.80 Å². The molecule has 8 heteroatoms. The number of benzene rings is 1. The zero-order valence-electron chi connectivity index (χ0n) is 18.8. The molecule has 3 fully saturated rings. The van der Waals surface area contributed by atoms with Gasteiger partial charge in [-0.05, 0) is 79.7 Å². The normalized spacial score (nSPS) is 24.8. The van der Waals surface area contributed by atoms with Crippen LogP contribution in [0.4, 0.5) is 0 Å². The molecule has 0 aromatic heterocycles. The molecule has 0 atom stereocenters. The third-order valence-electron chi connectivity index (χ3n) is 7.70. The van der Waals surface area contributed by atoms with E-state index in [1.807, 2.05) is 13.8 Å². The number of likely N-dealkylation sites (tertiary alicyclic amines) is 2. The average Bonchev–Trinajstić information content (AvgIpc) is 3.67. The van der Waals surface area contributed by atoms with Crippen LogP contribution >= 0.6 is 22.6 Å². The minimum absolute atomic E-state index is 0.0697. The second-order valence-corrected chi connectivity index (χ2v) is 11.4. The van der Waals surface area contributed by atoms with E-state index in [0.717, 1.165) is 75.2 Å². The zero-order chi connectivity index (χ0) is 22.1. The lowest BCUT2D eigenvalue weighted by Gasteiger charge is -2.45. The van der Waals surface area contributed by atoms with E-state index < -0.39 is 0 Å². The number of nitrogens with zero attached hydrogens (tertiary/aromatic N) is 3. The van der Waals surface area contributed by atoms with Crippen LogP contribution in [0.5, 0.6) is 11.5 Å². The maximum Gasteiger partial charge on any atom is 0.311 e. The molecule has 1 aromatic carbocycles. The van der Waals surface area contributed by atoms with Gasteiger partial charge in [0.1, 0.15) is 5.84 Å². The fourth-order valence-electron chi connectivity index (χ4n) is 5.42. The topological polar surface area (TPSA) is 66.9 Å². The number of esters is 1. The van der Waals surface area contributed by atoms with Gasteiger partial charge in [-0.1, -0.05) is 5.16 Å². The Labute approximate surface area is 202 Å². The van der Waals surface area contributed by atoms with Gasteiger partial charge < -0.3 is 19.2 Å². The maximum atomic E-state index is 12.3. The van der Waals surface area contributed by atoms with Crippen molar-refractivity contribution in [2.24, 2.45) is 10.6 Å². The predicted octanol–water partition coefficient (Wildman–Crippen LogP) is 4.23. The van der Waals surface area contributed by atoms with Gasteiger partial charge in [0.05, 0.1) is 22.0 Å². The average molecular weight is 551 g/mol. The largest absolute Gasteiger partial charge is 0.466 e. The van der Waals surface area contributed by atoms with Crippen molar-refractivity contribution in [3.8, 4) is 11.5 Å². The summed E-state index contributed by atoms with van der Waals surface area (Å²) in [6.07, 6.45) is 5.07. The Morgan fingerprint density at radius 1 is 1.28 bits per heavy atom. The molecule has 5 aliphatic rings. The number of halogens is 1. The third kappa shape index (κ3) is 3.57. The molecule has 1 spiro atoms. The number of hydrogen-bond acceptors (Lipinski definition) is 7. The molecule has 4 heterocycles. The number of rotatable bonds is 5. The van der Waals surface area contributed by atoms with Crippen LogP contribution in [0.1, 0.15) is 63.0 Å². The van der Waals surface area contributed by atoms with E-state index in [1.54, 1.807) is 0 Å². The number of carbonyl (C=O) groups is 1. The fraction of sp³-hybridized carbons (Fsp3) is 0.667. The van der Waals surface area contributed by atoms with Crippen molar-refractivity contribution < 1.29 is 19.1 Å². The Bertz CT molecular complexity index is 991. The molecule has 0 radical (unpaired) electrons. The maximum absolute atomic E-state index is 12.3. The summed E-state index contributed by atoms with van der Waals surface area (Å²) in [4.78, 5) is 23.0. The quantitative estimate of drug-likeness (QED) is 0.315. The summed E-state index contributed by atoms with van der Waals surface area (Å²) in [7, 11) is 0. The van der Waals surface area contributed by atoms with Gasteiger partial charge >= 0.3 is 5.97 Å². The highest BCUT2D eigenvalue weighted by Crippen LogP contribution is 2.57. The van der Waals surface area contributed by atoms with Crippen LogP contribution in [0.25, 0.3) is 0 Å². The first-order chi connectivity index (χ1) is 15.4. The van der Waals surface area contributed by atoms with E-state index in [2.05, 4.69) is 43.6 Å². The van der Waals surface area contributed by atoms with Crippen LogP contribution in [-0.2, 0) is 20.9 Å². The molecule has 172 valence electrons. The van der Waals surface area contributed by atoms with E-state index in [1.165, 1.54) is 27.5 Å². The van der Waals surface area contributed by atoms with E-state index in [9.17, 15) is 4.79 Å². The Balaban J connectivity index is 1.02. The molecule has 1 aliphatic carbocycles. The summed E-state index contributed by atoms with van der Waals surface area (Å²) in [6, 6.07) is 2.38. The Hall–Kier alpha value is -1.55. The fourth-order valence-corrected chi connectivity index (χ4v) is 6.37. The van der Waals surface area contributed by atoms with Crippen molar-refractivity contribution in [1.29, 1.82) is 0 Å². The molecule has 4 aliphatic heterocycles. The van der Waals surface area contributed by atoms with Gasteiger partial charge in [-0.2, -0.15) is 0 Å². The monoisotopic (exact) mass is 551 g/mol. The molecular weight excluding hydrogens is 521 g/mol. The summed E-state index contributed by atoms with van der Waals surface area (Å²) in [5.41, 5.74) is 2.24. The van der Waals surface area contributed by atoms with Crippen molar-refractivity contribution in [2.75, 3.05) is 32.8 Å². The van der Waals surface area contributed by atoms with Crippen molar-refractivity contribution in [3.05, 3.63) is 20.8 Å². The van der Waals surface area contributed by atoms with Gasteiger partial charge in [0.15, 0.2) is 17.1 Å². The van der Waals surface area contributed by atoms with Crippen LogP contribution in [0.2, 0.25) is 0 Å². The molecule has 0 amide bonds. The zero-order valence-corrected chi connectivity index (χ0v) is 20.9. The lowest BCUT2D eigenvalue weighted by atomic mass is 9.80. The van der Waals surface area contributed by atoms with Crippen LogP contribution in [-0.4, -0.2) is 60.0 Å². The summed E-state index contributed by atoms with van der Waals surface area (Å²) >= 11 is 2.44. The van der Waals surface area contributed by atoms with E-state index >= 15 is 0 Å². The van der Waals surface area contributed by atoms with Gasteiger partial charge in [0, 0.05) is 38.3 Å². The Morgan fingerprint density at radius 2 is 2.03 bits per heavy atom. The molecule has 7 nitrogen and oxygen atoms in total. The highest BCUT2D eigenvalue weighted by molar-refractivity contribution is 14.1. The van der Waals surface area contributed by atoms with Gasteiger partial charge in [0.25, 0.3) is 0 Å². The standard InChI is InChI=1S/C24H30IN3O4/c1-3-30-22(29)23(2)6-8-28(9-7-23)18-11-24(32-26-18)13-27(14-24)12-16-10-17(15-4-5-15)19(25)21-20(16)31-21/h10,15H,3-9,11-14H2,1-2H3. The highest BCUT2D eigenvalue weighted by Gasteiger charge is 2.52. The number of oxime groups is 1. The van der Waals surface area contributed by atoms with Crippen LogP contribution in [0.3, 0.4) is 0 Å². The molecule has 0 bridgehead atoms. The van der Waals surface area contributed by atoms with Crippen LogP contribution in [0.15, 0.2) is 11.2 Å². The second-order valence-electron chi connectivity index (χ2n) is 10.3. The van der Waals surface area contributed by atoms with Gasteiger partial charge in [-0.3, -0.25) is 9.69 Å². The number of amidine groups is 1. The number of carbonyl (C=O) groups excluding carboxylic acids is 1. The van der Waals surface area contributed by atoms with Crippen LogP contribution < -0.4 is 4.74 Å². The summed E-state index contributed by atoms with van der Waals surface area (Å²) in [5.74, 6) is 3.92. The van der Waals surface area contributed by atoms with E-state index in [0.29, 0.717) is 6.61 Å². The van der Waals surface area contributed by atoms with Gasteiger partial charge in [-0.25, -0.2) is 0 Å². The summed E-state index contributed by atoms with van der Waals surface area (Å²) < 4.78 is 12.4. The Morgan fingerprint density at radius 3 is 2.72 bits per heavy atom. The molecule has 1 aromatic rings. The van der Waals surface area contributed by atoms with Crippen molar-refractivity contribution >= 4 is 34.4 Å². The molecular formula is C24H30IN3O4. The number of fused-ring (bicyclic) bond motifs is 1. The lowest BCUT2D eigenvalue weighted by Crippen LogP contribution is -2.61. The third-order valence-corrected chi connectivity index (χ3v) is 8.82. The molecule has 1 saturated carbocycles. The Kier molecular flexibility index (Phi) is 4.91. The van der Waals surface area contributed by atoms with Gasteiger partial charge in [-0.15, -0.1) is 0 Å². The van der Waals surface area contributed by atoms with E-state index in [4.69, 9.17) is 14.3 Å².